The number of hydrogen-bond acceptors (Lipinski definition) is 3. The second kappa shape index (κ2) is 5.15. The first-order valence-corrected chi connectivity index (χ1v) is 6.00. The molecular weight excluding hydrogens is 212 g/mol. The highest BCUT2D eigenvalue weighted by atomic mass is 16.5. The molecule has 2 aromatic rings. The fraction of sp³-hybridized carbons (Fsp3) is 0.357. The van der Waals surface area contributed by atoms with Gasteiger partial charge in [0.1, 0.15) is 0 Å². The summed E-state index contributed by atoms with van der Waals surface area (Å²) >= 11 is 0. The zero-order valence-corrected chi connectivity index (χ0v) is 10.3. The van der Waals surface area contributed by atoms with Crippen molar-refractivity contribution in [1.82, 2.24) is 4.98 Å². The molecule has 0 aliphatic heterocycles. The van der Waals surface area contributed by atoms with E-state index in [1.54, 1.807) is 0 Å². The Hall–Kier alpha value is -1.61. The van der Waals surface area contributed by atoms with Crippen LogP contribution in [0, 0.1) is 0 Å². The summed E-state index contributed by atoms with van der Waals surface area (Å²) in [6.45, 7) is 4.58. The van der Waals surface area contributed by atoms with Gasteiger partial charge in [0.05, 0.1) is 11.8 Å². The van der Waals surface area contributed by atoms with E-state index in [0.717, 1.165) is 22.9 Å². The maximum atomic E-state index is 5.85. The summed E-state index contributed by atoms with van der Waals surface area (Å²) in [5.41, 5.74) is 6.52. The van der Waals surface area contributed by atoms with Crippen LogP contribution in [-0.2, 0) is 6.54 Å². The van der Waals surface area contributed by atoms with Gasteiger partial charge in [0, 0.05) is 11.9 Å². The Morgan fingerprint density at radius 2 is 2.12 bits per heavy atom. The van der Waals surface area contributed by atoms with E-state index in [9.17, 15) is 0 Å². The van der Waals surface area contributed by atoms with E-state index in [1.807, 2.05) is 31.2 Å². The van der Waals surface area contributed by atoms with Gasteiger partial charge < -0.3 is 10.5 Å². The van der Waals surface area contributed by atoms with Gasteiger partial charge in [0.2, 0.25) is 5.88 Å². The van der Waals surface area contributed by atoms with Gasteiger partial charge >= 0.3 is 0 Å². The summed E-state index contributed by atoms with van der Waals surface area (Å²) in [6.07, 6.45) is 1.13. The number of hydrogen-bond donors (Lipinski definition) is 1. The van der Waals surface area contributed by atoms with Crippen LogP contribution in [0.25, 0.3) is 10.8 Å². The largest absolute Gasteiger partial charge is 0.474 e. The Bertz CT molecular complexity index is 511. The maximum Gasteiger partial charge on any atom is 0.221 e. The average Bonchev–Trinajstić information content (AvgIpc) is 2.38. The molecule has 0 bridgehead atoms. The number of rotatable bonds is 4. The third-order valence-electron chi connectivity index (χ3n) is 2.86. The van der Waals surface area contributed by atoms with Crippen molar-refractivity contribution in [3.05, 3.63) is 36.0 Å². The normalized spacial score (nSPS) is 12.6. The van der Waals surface area contributed by atoms with Crippen molar-refractivity contribution in [2.45, 2.75) is 32.9 Å². The molecule has 0 saturated heterocycles. The molecular formula is C14H18N2O. The predicted octanol–water partition coefficient (Wildman–Crippen LogP) is 2.87. The van der Waals surface area contributed by atoms with Gasteiger partial charge in [-0.3, -0.25) is 0 Å². The number of ether oxygens (including phenoxy) is 1. The molecule has 3 heteroatoms. The van der Waals surface area contributed by atoms with Crippen LogP contribution in [0.5, 0.6) is 5.88 Å². The van der Waals surface area contributed by atoms with Crippen LogP contribution in [0.1, 0.15) is 26.0 Å². The lowest BCUT2D eigenvalue weighted by Gasteiger charge is -2.14. The second-order valence-electron chi connectivity index (χ2n) is 4.18. The molecule has 2 rings (SSSR count). The van der Waals surface area contributed by atoms with E-state index in [2.05, 4.69) is 18.0 Å². The Morgan fingerprint density at radius 3 is 2.82 bits per heavy atom. The zero-order chi connectivity index (χ0) is 12.3. The van der Waals surface area contributed by atoms with Crippen molar-refractivity contribution in [2.24, 2.45) is 5.73 Å². The molecule has 0 radical (unpaired) electrons. The minimum Gasteiger partial charge on any atom is -0.474 e. The molecule has 0 saturated carbocycles. The number of nitrogens with zero attached hydrogens (tertiary/aromatic N) is 1. The van der Waals surface area contributed by atoms with Gasteiger partial charge in [-0.25, -0.2) is 4.98 Å². The van der Waals surface area contributed by atoms with Crippen molar-refractivity contribution < 1.29 is 4.74 Å². The predicted molar refractivity (Wildman–Crippen MR) is 70.0 cm³/mol. The summed E-state index contributed by atoms with van der Waals surface area (Å²) in [4.78, 5) is 4.46. The SMILES string of the molecule is CCC(C)Oc1nc(CN)cc2ccccc12. The third-order valence-corrected chi connectivity index (χ3v) is 2.86. The van der Waals surface area contributed by atoms with E-state index in [4.69, 9.17) is 10.5 Å². The Kier molecular flexibility index (Phi) is 3.59. The van der Waals surface area contributed by atoms with E-state index in [0.29, 0.717) is 12.4 Å². The monoisotopic (exact) mass is 230 g/mol. The molecule has 2 N–H and O–H groups in total. The van der Waals surface area contributed by atoms with Crippen LogP contribution in [0.4, 0.5) is 0 Å². The molecule has 0 fully saturated rings. The van der Waals surface area contributed by atoms with Crippen LogP contribution in [-0.4, -0.2) is 11.1 Å². The Labute approximate surface area is 102 Å². The van der Waals surface area contributed by atoms with Gasteiger partial charge in [-0.15, -0.1) is 0 Å². The van der Waals surface area contributed by atoms with Crippen molar-refractivity contribution in [3.8, 4) is 5.88 Å². The lowest BCUT2D eigenvalue weighted by Crippen LogP contribution is -2.12. The van der Waals surface area contributed by atoms with Crippen LogP contribution in [0.2, 0.25) is 0 Å². The summed E-state index contributed by atoms with van der Waals surface area (Å²) in [5, 5.41) is 2.17. The average molecular weight is 230 g/mol. The molecule has 0 aliphatic carbocycles. The molecule has 0 amide bonds. The summed E-state index contributed by atoms with van der Waals surface area (Å²) in [5.74, 6) is 0.693. The fourth-order valence-electron chi connectivity index (χ4n) is 1.69. The molecule has 1 aromatic carbocycles. The molecule has 3 nitrogen and oxygen atoms in total. The van der Waals surface area contributed by atoms with Crippen molar-refractivity contribution in [3.63, 3.8) is 0 Å². The second-order valence-corrected chi connectivity index (χ2v) is 4.18. The fourth-order valence-corrected chi connectivity index (χ4v) is 1.69. The topological polar surface area (TPSA) is 48.1 Å². The van der Waals surface area contributed by atoms with Crippen LogP contribution in [0.15, 0.2) is 30.3 Å². The van der Waals surface area contributed by atoms with Crippen LogP contribution in [0.3, 0.4) is 0 Å². The molecule has 1 heterocycles. The first kappa shape index (κ1) is 11.9. The number of nitrogens with two attached hydrogens (primary N) is 1. The third kappa shape index (κ3) is 2.56. The Morgan fingerprint density at radius 1 is 1.35 bits per heavy atom. The number of benzene rings is 1. The first-order chi connectivity index (χ1) is 8.24. The first-order valence-electron chi connectivity index (χ1n) is 6.00. The van der Waals surface area contributed by atoms with E-state index < -0.39 is 0 Å². The summed E-state index contributed by atoms with van der Waals surface area (Å²) in [7, 11) is 0. The van der Waals surface area contributed by atoms with Gasteiger partial charge in [0.15, 0.2) is 0 Å². The molecule has 17 heavy (non-hydrogen) atoms. The number of pyridine rings is 1. The minimum atomic E-state index is 0.166. The molecule has 0 spiro atoms. The van der Waals surface area contributed by atoms with Gasteiger partial charge in [-0.05, 0) is 30.9 Å². The highest BCUT2D eigenvalue weighted by Crippen LogP contribution is 2.25. The van der Waals surface area contributed by atoms with Gasteiger partial charge in [-0.1, -0.05) is 25.1 Å². The molecule has 1 aromatic heterocycles. The zero-order valence-electron chi connectivity index (χ0n) is 10.3. The van der Waals surface area contributed by atoms with E-state index in [1.165, 1.54) is 0 Å². The maximum absolute atomic E-state index is 5.85. The highest BCUT2D eigenvalue weighted by molar-refractivity contribution is 5.87. The van der Waals surface area contributed by atoms with Gasteiger partial charge in [0.25, 0.3) is 0 Å². The highest BCUT2D eigenvalue weighted by Gasteiger charge is 2.09. The van der Waals surface area contributed by atoms with E-state index >= 15 is 0 Å². The molecule has 0 aliphatic rings. The van der Waals surface area contributed by atoms with Crippen molar-refractivity contribution in [1.29, 1.82) is 0 Å². The molecule has 1 atom stereocenters. The standard InChI is InChI=1S/C14H18N2O/c1-3-10(2)17-14-13-7-5-4-6-11(13)8-12(9-15)16-14/h4-8,10H,3,9,15H2,1-2H3. The smallest absolute Gasteiger partial charge is 0.221 e. The van der Waals surface area contributed by atoms with Crippen molar-refractivity contribution >= 4 is 10.8 Å². The van der Waals surface area contributed by atoms with Gasteiger partial charge in [-0.2, -0.15) is 0 Å². The number of aromatic nitrogens is 1. The van der Waals surface area contributed by atoms with E-state index in [-0.39, 0.29) is 6.10 Å². The molecule has 1 unspecified atom stereocenters. The number of fused-ring (bicyclic) bond motifs is 1. The lowest BCUT2D eigenvalue weighted by atomic mass is 10.1. The Balaban J connectivity index is 2.50. The lowest BCUT2D eigenvalue weighted by molar-refractivity contribution is 0.211. The summed E-state index contributed by atoms with van der Waals surface area (Å²) in [6, 6.07) is 10.1. The van der Waals surface area contributed by atoms with Crippen molar-refractivity contribution in [2.75, 3.05) is 0 Å². The molecule has 90 valence electrons. The van der Waals surface area contributed by atoms with Crippen LogP contribution >= 0.6 is 0 Å². The minimum absolute atomic E-state index is 0.166. The van der Waals surface area contributed by atoms with Crippen LogP contribution < -0.4 is 10.5 Å². The summed E-state index contributed by atoms with van der Waals surface area (Å²) < 4.78 is 5.85. The quantitative estimate of drug-likeness (QED) is 0.878.